The number of anilines is 1. The molecule has 0 radical (unpaired) electrons. The van der Waals surface area contributed by atoms with Crippen LogP contribution in [0, 0.1) is 6.92 Å². The first-order valence-corrected chi connectivity index (χ1v) is 5.40. The van der Waals surface area contributed by atoms with E-state index in [1.165, 1.54) is 12.1 Å². The van der Waals surface area contributed by atoms with Crippen LogP contribution in [-0.4, -0.2) is 46.0 Å². The highest BCUT2D eigenvalue weighted by Gasteiger charge is 2.21. The molecule has 4 N–H and O–H groups in total. The van der Waals surface area contributed by atoms with Gasteiger partial charge in [-0.05, 0) is 24.6 Å². The summed E-state index contributed by atoms with van der Waals surface area (Å²) >= 11 is 0. The number of carboxylic acids is 2. The van der Waals surface area contributed by atoms with Crippen LogP contribution in [0.3, 0.4) is 0 Å². The van der Waals surface area contributed by atoms with Crippen LogP contribution < -0.4 is 5.73 Å². The predicted octanol–water partition coefficient (Wildman–Crippen LogP) is 0.189. The summed E-state index contributed by atoms with van der Waals surface area (Å²) in [5.41, 5.74) is 6.98. The Hall–Kier alpha value is -2.57. The minimum atomic E-state index is -1.28. The molecule has 0 aromatic heterocycles. The van der Waals surface area contributed by atoms with E-state index in [2.05, 4.69) is 0 Å². The number of aliphatic carboxylic acids is 2. The van der Waals surface area contributed by atoms with Crippen LogP contribution in [0.15, 0.2) is 18.2 Å². The lowest BCUT2D eigenvalue weighted by Gasteiger charge is -2.18. The van der Waals surface area contributed by atoms with Gasteiger partial charge in [-0.25, -0.2) is 0 Å². The maximum Gasteiger partial charge on any atom is 0.323 e. The molecule has 1 amide bonds. The molecular formula is C12H14N2O5. The molecule has 0 aliphatic carbocycles. The lowest BCUT2D eigenvalue weighted by Crippen LogP contribution is -2.39. The van der Waals surface area contributed by atoms with E-state index in [-0.39, 0.29) is 5.56 Å². The Morgan fingerprint density at radius 3 is 2.11 bits per heavy atom. The van der Waals surface area contributed by atoms with Crippen molar-refractivity contribution in [2.45, 2.75) is 6.92 Å². The van der Waals surface area contributed by atoms with Crippen molar-refractivity contribution < 1.29 is 24.6 Å². The average Bonchev–Trinajstić information content (AvgIpc) is 2.29. The number of carbonyl (C=O) groups is 3. The van der Waals surface area contributed by atoms with E-state index < -0.39 is 30.9 Å². The summed E-state index contributed by atoms with van der Waals surface area (Å²) in [7, 11) is 0. The molecule has 0 fully saturated rings. The van der Waals surface area contributed by atoms with Crippen molar-refractivity contribution in [2.24, 2.45) is 0 Å². The van der Waals surface area contributed by atoms with E-state index in [1.54, 1.807) is 13.0 Å². The first kappa shape index (κ1) is 14.5. The number of carbonyl (C=O) groups excluding carboxylic acids is 1. The summed E-state index contributed by atoms with van der Waals surface area (Å²) in [6, 6.07) is 4.49. The van der Waals surface area contributed by atoms with E-state index in [9.17, 15) is 14.4 Å². The van der Waals surface area contributed by atoms with Gasteiger partial charge in [-0.3, -0.25) is 14.4 Å². The van der Waals surface area contributed by atoms with Crippen molar-refractivity contribution in [1.29, 1.82) is 0 Å². The van der Waals surface area contributed by atoms with Crippen LogP contribution in [0.4, 0.5) is 5.69 Å². The van der Waals surface area contributed by atoms with E-state index in [0.29, 0.717) is 5.69 Å². The number of amides is 1. The van der Waals surface area contributed by atoms with Crippen LogP contribution in [0.25, 0.3) is 0 Å². The quantitative estimate of drug-likeness (QED) is 0.654. The summed E-state index contributed by atoms with van der Waals surface area (Å²) in [6.45, 7) is 0.397. The zero-order valence-electron chi connectivity index (χ0n) is 10.3. The number of nitrogen functional groups attached to an aromatic ring is 1. The third-order valence-electron chi connectivity index (χ3n) is 2.47. The lowest BCUT2D eigenvalue weighted by atomic mass is 10.1. The van der Waals surface area contributed by atoms with Crippen molar-refractivity contribution in [1.82, 2.24) is 4.90 Å². The van der Waals surface area contributed by atoms with Crippen molar-refractivity contribution >= 4 is 23.5 Å². The topological polar surface area (TPSA) is 121 Å². The maximum absolute atomic E-state index is 12.0. The highest BCUT2D eigenvalue weighted by molar-refractivity contribution is 5.98. The molecule has 0 saturated carbocycles. The SMILES string of the molecule is Cc1ccc(C(=O)N(CC(=O)O)CC(=O)O)cc1N. The number of carboxylic acid groups (broad SMARTS) is 2. The second-order valence-corrected chi connectivity index (χ2v) is 4.02. The van der Waals surface area contributed by atoms with Crippen LogP contribution in [0.1, 0.15) is 15.9 Å². The van der Waals surface area contributed by atoms with Crippen molar-refractivity contribution in [3.8, 4) is 0 Å². The van der Waals surface area contributed by atoms with Gasteiger partial charge >= 0.3 is 11.9 Å². The third kappa shape index (κ3) is 3.98. The van der Waals surface area contributed by atoms with Gasteiger partial charge in [0.25, 0.3) is 5.91 Å². The average molecular weight is 266 g/mol. The summed E-state index contributed by atoms with van der Waals surface area (Å²) in [5.74, 6) is -3.25. The number of aryl methyl sites for hydroxylation is 1. The molecule has 1 aromatic rings. The fraction of sp³-hybridized carbons (Fsp3) is 0.250. The van der Waals surface area contributed by atoms with E-state index >= 15 is 0 Å². The fourth-order valence-electron chi connectivity index (χ4n) is 1.48. The largest absolute Gasteiger partial charge is 0.480 e. The summed E-state index contributed by atoms with van der Waals surface area (Å²) in [4.78, 5) is 34.0. The number of nitrogens with zero attached hydrogens (tertiary/aromatic N) is 1. The molecule has 0 aliphatic heterocycles. The maximum atomic E-state index is 12.0. The minimum absolute atomic E-state index is 0.158. The minimum Gasteiger partial charge on any atom is -0.480 e. The zero-order chi connectivity index (χ0) is 14.6. The van der Waals surface area contributed by atoms with Crippen molar-refractivity contribution in [3.63, 3.8) is 0 Å². The van der Waals surface area contributed by atoms with E-state index in [1.807, 2.05) is 0 Å². The molecule has 0 unspecified atom stereocenters. The van der Waals surface area contributed by atoms with Crippen molar-refractivity contribution in [2.75, 3.05) is 18.8 Å². The standard InChI is InChI=1S/C12H14N2O5/c1-7-2-3-8(4-9(7)13)12(19)14(5-10(15)16)6-11(17)18/h2-4H,5-6,13H2,1H3,(H,15,16)(H,17,18). The fourth-order valence-corrected chi connectivity index (χ4v) is 1.48. The molecule has 1 aromatic carbocycles. The van der Waals surface area contributed by atoms with Gasteiger partial charge in [-0.15, -0.1) is 0 Å². The first-order valence-electron chi connectivity index (χ1n) is 5.40. The van der Waals surface area contributed by atoms with Crippen LogP contribution >= 0.6 is 0 Å². The highest BCUT2D eigenvalue weighted by atomic mass is 16.4. The summed E-state index contributed by atoms with van der Waals surface area (Å²) in [5, 5.41) is 17.4. The van der Waals surface area contributed by atoms with Crippen LogP contribution in [-0.2, 0) is 9.59 Å². The molecule has 7 heteroatoms. The second kappa shape index (κ2) is 5.85. The second-order valence-electron chi connectivity index (χ2n) is 4.02. The Morgan fingerprint density at radius 2 is 1.68 bits per heavy atom. The monoisotopic (exact) mass is 266 g/mol. The van der Waals surface area contributed by atoms with Gasteiger partial charge in [0.2, 0.25) is 0 Å². The molecule has 0 spiro atoms. The van der Waals surface area contributed by atoms with E-state index in [4.69, 9.17) is 15.9 Å². The van der Waals surface area contributed by atoms with Gasteiger partial charge in [-0.1, -0.05) is 6.07 Å². The Bertz CT molecular complexity index is 511. The van der Waals surface area contributed by atoms with Crippen molar-refractivity contribution in [3.05, 3.63) is 29.3 Å². The molecule has 19 heavy (non-hydrogen) atoms. The summed E-state index contributed by atoms with van der Waals surface area (Å²) < 4.78 is 0. The van der Waals surface area contributed by atoms with Gasteiger partial charge < -0.3 is 20.8 Å². The Morgan fingerprint density at radius 1 is 1.16 bits per heavy atom. The normalized spacial score (nSPS) is 9.95. The lowest BCUT2D eigenvalue weighted by molar-refractivity contribution is -0.140. The van der Waals surface area contributed by atoms with Gasteiger partial charge in [-0.2, -0.15) is 0 Å². The predicted molar refractivity (Wildman–Crippen MR) is 66.8 cm³/mol. The Labute approximate surface area is 109 Å². The van der Waals surface area contributed by atoms with Gasteiger partial charge in [0.05, 0.1) is 0 Å². The third-order valence-corrected chi connectivity index (χ3v) is 2.47. The number of benzene rings is 1. The number of hydrogen-bond acceptors (Lipinski definition) is 4. The Balaban J connectivity index is 3.00. The summed E-state index contributed by atoms with van der Waals surface area (Å²) in [6.07, 6.45) is 0. The number of rotatable bonds is 5. The van der Waals surface area contributed by atoms with Crippen LogP contribution in [0.5, 0.6) is 0 Å². The van der Waals surface area contributed by atoms with Crippen LogP contribution in [0.2, 0.25) is 0 Å². The number of hydrogen-bond donors (Lipinski definition) is 3. The molecule has 0 aliphatic rings. The zero-order valence-corrected chi connectivity index (χ0v) is 10.3. The Kier molecular flexibility index (Phi) is 4.46. The molecule has 0 saturated heterocycles. The smallest absolute Gasteiger partial charge is 0.323 e. The van der Waals surface area contributed by atoms with Gasteiger partial charge in [0.1, 0.15) is 13.1 Å². The molecule has 0 atom stereocenters. The first-order chi connectivity index (χ1) is 8.81. The highest BCUT2D eigenvalue weighted by Crippen LogP contribution is 2.14. The van der Waals surface area contributed by atoms with E-state index in [0.717, 1.165) is 10.5 Å². The van der Waals surface area contributed by atoms with Gasteiger partial charge in [0, 0.05) is 11.3 Å². The molecule has 7 nitrogen and oxygen atoms in total. The molecule has 1 rings (SSSR count). The molecule has 0 heterocycles. The molecular weight excluding hydrogens is 252 g/mol. The molecule has 0 bridgehead atoms. The number of nitrogens with two attached hydrogens (primary N) is 1. The molecule has 102 valence electrons. The van der Waals surface area contributed by atoms with Gasteiger partial charge in [0.15, 0.2) is 0 Å².